The molecule has 2 rings (SSSR count). The average Bonchev–Trinajstić information content (AvgIpc) is 2.80. The minimum atomic E-state index is -4.74. The van der Waals surface area contributed by atoms with Crippen molar-refractivity contribution in [3.8, 4) is 0 Å². The van der Waals surface area contributed by atoms with Crippen LogP contribution >= 0.6 is 11.6 Å². The Bertz CT molecular complexity index is 650. The van der Waals surface area contributed by atoms with Gasteiger partial charge in [0, 0.05) is 23.1 Å². The Hall–Kier alpha value is -2.02. The second-order valence-corrected chi connectivity index (χ2v) is 5.30. The highest BCUT2D eigenvalue weighted by Crippen LogP contribution is 2.48. The van der Waals surface area contributed by atoms with E-state index in [1.165, 1.54) is 18.2 Å². The van der Waals surface area contributed by atoms with Gasteiger partial charge in [-0.25, -0.2) is 4.79 Å². The van der Waals surface area contributed by atoms with E-state index in [1.54, 1.807) is 6.92 Å². The first kappa shape index (κ1) is 16.4. The summed E-state index contributed by atoms with van der Waals surface area (Å²) in [6, 6.07) is 4.01. The molecule has 1 aliphatic heterocycles. The third-order valence-electron chi connectivity index (χ3n) is 3.13. The maximum Gasteiger partial charge on any atom is 0.435 e. The van der Waals surface area contributed by atoms with Crippen molar-refractivity contribution >= 4 is 23.3 Å². The number of hydrogen-bond acceptors (Lipinski definition) is 3. The van der Waals surface area contributed by atoms with Crippen LogP contribution in [0.3, 0.4) is 0 Å². The molecular formula is C14H11ClF3NO3. The van der Waals surface area contributed by atoms with Gasteiger partial charge in [-0.05, 0) is 30.7 Å². The highest BCUT2D eigenvalue weighted by Gasteiger charge is 2.62. The van der Waals surface area contributed by atoms with E-state index in [0.717, 1.165) is 6.08 Å². The van der Waals surface area contributed by atoms with E-state index in [1.807, 2.05) is 0 Å². The number of alkyl halides is 3. The summed E-state index contributed by atoms with van der Waals surface area (Å²) < 4.78 is 40.7. The van der Waals surface area contributed by atoms with Crippen LogP contribution in [0.1, 0.15) is 17.5 Å². The monoisotopic (exact) mass is 333 g/mol. The fourth-order valence-electron chi connectivity index (χ4n) is 2.15. The van der Waals surface area contributed by atoms with E-state index in [4.69, 9.17) is 21.5 Å². The highest BCUT2D eigenvalue weighted by molar-refractivity contribution is 6.30. The molecule has 0 fully saturated rings. The number of oxime groups is 1. The molecule has 0 bridgehead atoms. The number of halogens is 4. The molecule has 0 spiro atoms. The molecule has 1 atom stereocenters. The first-order valence-electron chi connectivity index (χ1n) is 6.14. The Labute approximate surface area is 128 Å². The first-order chi connectivity index (χ1) is 10.1. The molecule has 0 radical (unpaired) electrons. The van der Waals surface area contributed by atoms with Gasteiger partial charge in [-0.15, -0.1) is 0 Å². The molecule has 0 saturated heterocycles. The standard InChI is InChI=1S/C14H11ClF3NO3/c1-8-4-9(6-10(15)5-8)13(14(16,17)18)7-11(19-22-13)2-3-12(20)21/h2-6H,7H2,1H3,(H,20,21)/b3-2+. The van der Waals surface area contributed by atoms with Crippen LogP contribution < -0.4 is 0 Å². The Morgan fingerprint density at radius 2 is 2.14 bits per heavy atom. The van der Waals surface area contributed by atoms with E-state index in [-0.39, 0.29) is 16.3 Å². The third-order valence-corrected chi connectivity index (χ3v) is 3.35. The molecule has 0 aromatic heterocycles. The molecule has 1 heterocycles. The molecule has 1 N–H and O–H groups in total. The molecule has 118 valence electrons. The van der Waals surface area contributed by atoms with E-state index in [2.05, 4.69) is 5.16 Å². The molecule has 1 aromatic rings. The smallest absolute Gasteiger partial charge is 0.435 e. The number of carboxylic acids is 1. The normalized spacial score (nSPS) is 21.8. The lowest BCUT2D eigenvalue weighted by Gasteiger charge is -2.29. The minimum Gasteiger partial charge on any atom is -0.478 e. The lowest BCUT2D eigenvalue weighted by molar-refractivity contribution is -0.275. The lowest BCUT2D eigenvalue weighted by Crippen LogP contribution is -2.42. The summed E-state index contributed by atoms with van der Waals surface area (Å²) in [5.41, 5.74) is -2.41. The average molecular weight is 334 g/mol. The zero-order valence-corrected chi connectivity index (χ0v) is 12.1. The summed E-state index contributed by atoms with van der Waals surface area (Å²) in [5, 5.41) is 12.0. The zero-order chi connectivity index (χ0) is 16.5. The zero-order valence-electron chi connectivity index (χ0n) is 11.3. The van der Waals surface area contributed by atoms with Crippen molar-refractivity contribution in [2.75, 3.05) is 0 Å². The number of hydrogen-bond donors (Lipinski definition) is 1. The molecule has 4 nitrogen and oxygen atoms in total. The highest BCUT2D eigenvalue weighted by atomic mass is 35.5. The minimum absolute atomic E-state index is 0.114. The van der Waals surface area contributed by atoms with Crippen LogP contribution in [0, 0.1) is 6.92 Å². The summed E-state index contributed by atoms with van der Waals surface area (Å²) in [6.07, 6.45) is -3.68. The predicted octanol–water partition coefficient (Wildman–Crippen LogP) is 3.82. The van der Waals surface area contributed by atoms with Crippen LogP contribution in [0.25, 0.3) is 0 Å². The van der Waals surface area contributed by atoms with Gasteiger partial charge in [-0.2, -0.15) is 13.2 Å². The topological polar surface area (TPSA) is 58.9 Å². The molecule has 8 heteroatoms. The van der Waals surface area contributed by atoms with Gasteiger partial charge >= 0.3 is 12.1 Å². The molecule has 0 amide bonds. The Morgan fingerprint density at radius 3 is 2.68 bits per heavy atom. The van der Waals surface area contributed by atoms with Crippen molar-refractivity contribution in [2.45, 2.75) is 25.1 Å². The molecule has 0 saturated carbocycles. The van der Waals surface area contributed by atoms with Crippen molar-refractivity contribution in [1.82, 2.24) is 0 Å². The quantitative estimate of drug-likeness (QED) is 0.855. The largest absolute Gasteiger partial charge is 0.478 e. The van der Waals surface area contributed by atoms with Crippen molar-refractivity contribution < 1.29 is 27.9 Å². The molecule has 22 heavy (non-hydrogen) atoms. The van der Waals surface area contributed by atoms with Crippen LogP contribution in [-0.2, 0) is 15.2 Å². The van der Waals surface area contributed by atoms with Crippen molar-refractivity contribution in [3.05, 3.63) is 46.5 Å². The van der Waals surface area contributed by atoms with Gasteiger partial charge in [0.05, 0.1) is 5.71 Å². The molecule has 1 aromatic carbocycles. The maximum atomic E-state index is 13.6. The van der Waals surface area contributed by atoms with Gasteiger partial charge in [0.15, 0.2) is 0 Å². The second kappa shape index (κ2) is 5.64. The number of carbonyl (C=O) groups is 1. The fraction of sp³-hybridized carbons (Fsp3) is 0.286. The summed E-state index contributed by atoms with van der Waals surface area (Å²) >= 11 is 5.83. The van der Waals surface area contributed by atoms with Gasteiger partial charge < -0.3 is 9.94 Å². The third kappa shape index (κ3) is 3.09. The molecule has 1 unspecified atom stereocenters. The summed E-state index contributed by atoms with van der Waals surface area (Å²) in [5.74, 6) is -1.29. The first-order valence-corrected chi connectivity index (χ1v) is 6.52. The molecule has 1 aliphatic rings. The van der Waals surface area contributed by atoms with Crippen LogP contribution in [-0.4, -0.2) is 23.0 Å². The van der Waals surface area contributed by atoms with E-state index >= 15 is 0 Å². The summed E-state index contributed by atoms with van der Waals surface area (Å²) in [4.78, 5) is 15.2. The maximum absolute atomic E-state index is 13.6. The van der Waals surface area contributed by atoms with Gasteiger partial charge in [0.2, 0.25) is 0 Å². The van der Waals surface area contributed by atoms with E-state index < -0.39 is 24.2 Å². The van der Waals surface area contributed by atoms with Crippen molar-refractivity contribution in [2.24, 2.45) is 5.16 Å². The van der Waals surface area contributed by atoms with Crippen LogP contribution in [0.5, 0.6) is 0 Å². The number of rotatable bonds is 3. The van der Waals surface area contributed by atoms with Crippen molar-refractivity contribution in [3.63, 3.8) is 0 Å². The number of carboxylic acid groups (broad SMARTS) is 1. The number of aliphatic carboxylic acids is 1. The SMILES string of the molecule is Cc1cc(Cl)cc(C2(C(F)(F)F)CC(/C=C/C(=O)O)=NO2)c1. The Morgan fingerprint density at radius 1 is 1.45 bits per heavy atom. The summed E-state index contributed by atoms with van der Waals surface area (Å²) in [7, 11) is 0. The Kier molecular flexibility index (Phi) is 4.19. The van der Waals surface area contributed by atoms with Crippen LogP contribution in [0.4, 0.5) is 13.2 Å². The van der Waals surface area contributed by atoms with Gasteiger partial charge in [-0.3, -0.25) is 0 Å². The van der Waals surface area contributed by atoms with Gasteiger partial charge in [-0.1, -0.05) is 22.8 Å². The van der Waals surface area contributed by atoms with E-state index in [0.29, 0.717) is 11.6 Å². The Balaban J connectivity index is 2.43. The van der Waals surface area contributed by atoms with Gasteiger partial charge in [0.25, 0.3) is 5.60 Å². The molecular weight excluding hydrogens is 323 g/mol. The van der Waals surface area contributed by atoms with Gasteiger partial charge in [0.1, 0.15) is 0 Å². The fourth-order valence-corrected chi connectivity index (χ4v) is 2.44. The lowest BCUT2D eigenvalue weighted by atomic mass is 9.87. The number of allylic oxidation sites excluding steroid dienone is 1. The predicted molar refractivity (Wildman–Crippen MR) is 73.8 cm³/mol. The second-order valence-electron chi connectivity index (χ2n) is 4.86. The number of benzene rings is 1. The molecule has 0 aliphatic carbocycles. The van der Waals surface area contributed by atoms with Crippen molar-refractivity contribution in [1.29, 1.82) is 0 Å². The summed E-state index contributed by atoms with van der Waals surface area (Å²) in [6.45, 7) is 1.61. The number of aryl methyl sites for hydroxylation is 1. The van der Waals surface area contributed by atoms with Crippen LogP contribution in [0.15, 0.2) is 35.5 Å². The number of nitrogens with zero attached hydrogens (tertiary/aromatic N) is 1. The van der Waals surface area contributed by atoms with Crippen LogP contribution in [0.2, 0.25) is 5.02 Å². The van der Waals surface area contributed by atoms with E-state index in [9.17, 15) is 18.0 Å².